The van der Waals surface area contributed by atoms with Gasteiger partial charge in [-0.15, -0.1) is 0 Å². The lowest BCUT2D eigenvalue weighted by Crippen LogP contribution is -2.30. The fourth-order valence-electron chi connectivity index (χ4n) is 3.85. The molecule has 34 heavy (non-hydrogen) atoms. The van der Waals surface area contributed by atoms with E-state index in [-0.39, 0.29) is 11.5 Å². The summed E-state index contributed by atoms with van der Waals surface area (Å²) in [4.78, 5) is 34.2. The number of rotatable bonds is 10. The highest BCUT2D eigenvalue weighted by Crippen LogP contribution is 2.16. The van der Waals surface area contributed by atoms with E-state index in [0.29, 0.717) is 55.7 Å². The molecule has 0 unspecified atom stereocenters. The molecule has 1 amide bonds. The Morgan fingerprint density at radius 1 is 0.941 bits per heavy atom. The number of nitrogens with zero attached hydrogens (tertiary/aromatic N) is 2. The second-order valence-corrected chi connectivity index (χ2v) is 8.21. The maximum absolute atomic E-state index is 12.8. The van der Waals surface area contributed by atoms with Crippen molar-refractivity contribution in [1.29, 1.82) is 0 Å². The molecule has 4 rings (SSSR count). The van der Waals surface area contributed by atoms with Crippen molar-refractivity contribution in [3.05, 3.63) is 106 Å². The molecular weight excluding hydrogens is 426 g/mol. The molecular formula is C28H29N3O3. The standard InChI is InChI=1S/C28H29N3O3/c1-2-31(19-21-15-17-23(18-16-21)34-20-22-9-4-3-5-10-22)27(32)14-8-13-26-29-25-12-7-6-11-24(25)28(33)30-26/h3-7,9-12,15-18H,2,8,13-14,19-20H2,1H3,(H,29,30,33). The average molecular weight is 456 g/mol. The molecule has 0 aliphatic heterocycles. The number of amides is 1. The number of ether oxygens (including phenoxy) is 1. The van der Waals surface area contributed by atoms with Crippen LogP contribution >= 0.6 is 0 Å². The number of para-hydroxylation sites is 1. The zero-order valence-electron chi connectivity index (χ0n) is 19.4. The second-order valence-electron chi connectivity index (χ2n) is 8.21. The molecule has 3 aromatic carbocycles. The van der Waals surface area contributed by atoms with Crippen LogP contribution in [0.5, 0.6) is 5.75 Å². The van der Waals surface area contributed by atoms with Crippen molar-refractivity contribution in [2.75, 3.05) is 6.54 Å². The molecule has 1 N–H and O–H groups in total. The molecule has 0 fully saturated rings. The lowest BCUT2D eigenvalue weighted by molar-refractivity contribution is -0.131. The number of hydrogen-bond acceptors (Lipinski definition) is 4. The molecule has 0 saturated carbocycles. The van der Waals surface area contributed by atoms with Crippen LogP contribution in [-0.4, -0.2) is 27.3 Å². The first-order chi connectivity index (χ1) is 16.6. The lowest BCUT2D eigenvalue weighted by Gasteiger charge is -2.21. The van der Waals surface area contributed by atoms with Crippen molar-refractivity contribution in [1.82, 2.24) is 14.9 Å². The van der Waals surface area contributed by atoms with E-state index in [1.54, 1.807) is 6.07 Å². The monoisotopic (exact) mass is 455 g/mol. The van der Waals surface area contributed by atoms with E-state index >= 15 is 0 Å². The van der Waals surface area contributed by atoms with Crippen molar-refractivity contribution in [3.63, 3.8) is 0 Å². The number of fused-ring (bicyclic) bond motifs is 1. The maximum atomic E-state index is 12.8. The topological polar surface area (TPSA) is 75.3 Å². The van der Waals surface area contributed by atoms with Crippen LogP contribution in [0.2, 0.25) is 0 Å². The van der Waals surface area contributed by atoms with E-state index < -0.39 is 0 Å². The van der Waals surface area contributed by atoms with Gasteiger partial charge in [-0.1, -0.05) is 54.6 Å². The SMILES string of the molecule is CCN(Cc1ccc(OCc2ccccc2)cc1)C(=O)CCCc1nc2ccccc2c(=O)[nH]1. The first-order valence-electron chi connectivity index (χ1n) is 11.6. The van der Waals surface area contributed by atoms with E-state index in [1.807, 2.05) is 84.6 Å². The molecule has 0 saturated heterocycles. The number of aryl methyl sites for hydroxylation is 1. The molecule has 4 aromatic rings. The summed E-state index contributed by atoms with van der Waals surface area (Å²) in [6.45, 7) is 3.70. The Labute approximate surface area is 199 Å². The van der Waals surface area contributed by atoms with Crippen LogP contribution in [0.25, 0.3) is 10.9 Å². The number of aromatic amines is 1. The van der Waals surface area contributed by atoms with Gasteiger partial charge in [0.15, 0.2) is 0 Å². The third-order valence-electron chi connectivity index (χ3n) is 5.75. The van der Waals surface area contributed by atoms with E-state index in [2.05, 4.69) is 9.97 Å². The Hall–Kier alpha value is -3.93. The van der Waals surface area contributed by atoms with E-state index in [1.165, 1.54) is 0 Å². The summed E-state index contributed by atoms with van der Waals surface area (Å²) in [6, 6.07) is 25.2. The van der Waals surface area contributed by atoms with Gasteiger partial charge >= 0.3 is 0 Å². The summed E-state index contributed by atoms with van der Waals surface area (Å²) in [5.74, 6) is 1.51. The fraction of sp³-hybridized carbons (Fsp3) is 0.250. The van der Waals surface area contributed by atoms with Gasteiger partial charge in [0.25, 0.3) is 5.56 Å². The number of benzene rings is 3. The van der Waals surface area contributed by atoms with Gasteiger partial charge in [0, 0.05) is 25.9 Å². The summed E-state index contributed by atoms with van der Waals surface area (Å²) in [6.07, 6.45) is 1.59. The van der Waals surface area contributed by atoms with Gasteiger partial charge in [0.05, 0.1) is 10.9 Å². The minimum Gasteiger partial charge on any atom is -0.489 e. The van der Waals surface area contributed by atoms with Crippen LogP contribution in [0.3, 0.4) is 0 Å². The summed E-state index contributed by atoms with van der Waals surface area (Å²) < 4.78 is 5.84. The van der Waals surface area contributed by atoms with Gasteiger partial charge in [-0.3, -0.25) is 9.59 Å². The zero-order chi connectivity index (χ0) is 23.8. The quantitative estimate of drug-likeness (QED) is 0.370. The molecule has 6 heteroatoms. The van der Waals surface area contributed by atoms with Gasteiger partial charge in [-0.2, -0.15) is 0 Å². The highest BCUT2D eigenvalue weighted by molar-refractivity contribution is 5.77. The Morgan fingerprint density at radius 3 is 2.44 bits per heavy atom. The number of aromatic nitrogens is 2. The van der Waals surface area contributed by atoms with Gasteiger partial charge < -0.3 is 14.6 Å². The summed E-state index contributed by atoms with van der Waals surface area (Å²) in [5, 5.41) is 0.580. The van der Waals surface area contributed by atoms with Gasteiger partial charge in [0.2, 0.25) is 5.91 Å². The average Bonchev–Trinajstić information content (AvgIpc) is 2.87. The van der Waals surface area contributed by atoms with Crippen LogP contribution in [0.1, 0.15) is 36.7 Å². The fourth-order valence-corrected chi connectivity index (χ4v) is 3.85. The molecule has 0 bridgehead atoms. The number of nitrogens with one attached hydrogen (secondary N) is 1. The predicted octanol–water partition coefficient (Wildman–Crippen LogP) is 4.87. The van der Waals surface area contributed by atoms with Crippen LogP contribution in [0.4, 0.5) is 0 Å². The highest BCUT2D eigenvalue weighted by atomic mass is 16.5. The Kier molecular flexibility index (Phi) is 7.71. The van der Waals surface area contributed by atoms with Crippen molar-refractivity contribution in [2.24, 2.45) is 0 Å². The molecule has 0 radical (unpaired) electrons. The highest BCUT2D eigenvalue weighted by Gasteiger charge is 2.13. The number of hydrogen-bond donors (Lipinski definition) is 1. The normalized spacial score (nSPS) is 10.9. The second kappa shape index (κ2) is 11.3. The minimum atomic E-state index is -0.140. The smallest absolute Gasteiger partial charge is 0.258 e. The van der Waals surface area contributed by atoms with Crippen molar-refractivity contribution in [2.45, 2.75) is 39.3 Å². The molecule has 1 heterocycles. The third kappa shape index (κ3) is 6.10. The molecule has 6 nitrogen and oxygen atoms in total. The van der Waals surface area contributed by atoms with Crippen LogP contribution in [0.15, 0.2) is 83.7 Å². The first-order valence-corrected chi connectivity index (χ1v) is 11.6. The molecule has 0 atom stereocenters. The predicted molar refractivity (Wildman–Crippen MR) is 134 cm³/mol. The summed E-state index contributed by atoms with van der Waals surface area (Å²) >= 11 is 0. The third-order valence-corrected chi connectivity index (χ3v) is 5.75. The molecule has 0 aliphatic carbocycles. The lowest BCUT2D eigenvalue weighted by atomic mass is 10.1. The van der Waals surface area contributed by atoms with Crippen molar-refractivity contribution < 1.29 is 9.53 Å². The van der Waals surface area contributed by atoms with Crippen LogP contribution in [0, 0.1) is 0 Å². The molecule has 1 aromatic heterocycles. The Balaban J connectivity index is 1.27. The van der Waals surface area contributed by atoms with Crippen molar-refractivity contribution in [3.8, 4) is 5.75 Å². The largest absolute Gasteiger partial charge is 0.489 e. The minimum absolute atomic E-state index is 0.0926. The van der Waals surface area contributed by atoms with E-state index in [0.717, 1.165) is 16.9 Å². The van der Waals surface area contributed by atoms with E-state index in [9.17, 15) is 9.59 Å². The Morgan fingerprint density at radius 2 is 1.68 bits per heavy atom. The molecule has 0 spiro atoms. The molecule has 0 aliphatic rings. The van der Waals surface area contributed by atoms with Crippen LogP contribution in [-0.2, 0) is 24.4 Å². The number of carbonyl (C=O) groups is 1. The number of H-pyrrole nitrogens is 1. The zero-order valence-corrected chi connectivity index (χ0v) is 19.4. The van der Waals surface area contributed by atoms with E-state index in [4.69, 9.17) is 4.74 Å². The van der Waals surface area contributed by atoms with Gasteiger partial charge in [0.1, 0.15) is 18.2 Å². The van der Waals surface area contributed by atoms with Gasteiger partial charge in [-0.05, 0) is 48.7 Å². The molecule has 174 valence electrons. The summed E-state index contributed by atoms with van der Waals surface area (Å²) in [7, 11) is 0. The van der Waals surface area contributed by atoms with Gasteiger partial charge in [-0.25, -0.2) is 4.98 Å². The Bertz CT molecular complexity index is 1280. The van der Waals surface area contributed by atoms with Crippen LogP contribution < -0.4 is 10.3 Å². The maximum Gasteiger partial charge on any atom is 0.258 e. The summed E-state index contributed by atoms with van der Waals surface area (Å²) in [5.41, 5.74) is 2.72. The first kappa shape index (κ1) is 23.2. The number of carbonyl (C=O) groups excluding carboxylic acids is 1. The van der Waals surface area contributed by atoms with Crippen molar-refractivity contribution >= 4 is 16.8 Å².